The molecule has 0 aliphatic carbocycles. The molecule has 1 aromatic carbocycles. The largest absolute Gasteiger partial charge is 0.323 e. The first kappa shape index (κ1) is 18.3. The van der Waals surface area contributed by atoms with Crippen molar-refractivity contribution in [3.8, 4) is 5.69 Å². The summed E-state index contributed by atoms with van der Waals surface area (Å²) >= 11 is 7.35. The second kappa shape index (κ2) is 7.84. The molecule has 0 saturated heterocycles. The van der Waals surface area contributed by atoms with E-state index in [1.54, 1.807) is 29.2 Å². The average Bonchev–Trinajstić information content (AvgIpc) is 3.12. The summed E-state index contributed by atoms with van der Waals surface area (Å²) in [7, 11) is 0. The topological polar surface area (TPSA) is 85.6 Å². The molecule has 26 heavy (non-hydrogen) atoms. The summed E-state index contributed by atoms with van der Waals surface area (Å²) in [6, 6.07) is 5.18. The van der Waals surface area contributed by atoms with Crippen molar-refractivity contribution in [1.82, 2.24) is 24.7 Å². The smallest absolute Gasteiger partial charge is 0.234 e. The van der Waals surface area contributed by atoms with Gasteiger partial charge in [0.25, 0.3) is 0 Å². The van der Waals surface area contributed by atoms with E-state index in [2.05, 4.69) is 25.4 Å². The summed E-state index contributed by atoms with van der Waals surface area (Å²) in [4.78, 5) is 25.1. The summed E-state index contributed by atoms with van der Waals surface area (Å²) in [5.74, 6) is 0.00346. The normalized spacial score (nSPS) is 10.8. The van der Waals surface area contributed by atoms with Crippen LogP contribution in [0.3, 0.4) is 0 Å². The monoisotopic (exact) mass is 388 g/mol. The van der Waals surface area contributed by atoms with E-state index in [-0.39, 0.29) is 11.7 Å². The van der Waals surface area contributed by atoms with Crippen molar-refractivity contribution in [3.63, 3.8) is 0 Å². The Labute approximate surface area is 160 Å². The van der Waals surface area contributed by atoms with Crippen molar-refractivity contribution in [2.45, 2.75) is 25.9 Å². The van der Waals surface area contributed by atoms with Crippen LogP contribution in [0.4, 0.5) is 5.69 Å². The van der Waals surface area contributed by atoms with Gasteiger partial charge in [-0.2, -0.15) is 5.10 Å². The first-order valence-electron chi connectivity index (χ1n) is 7.83. The van der Waals surface area contributed by atoms with Crippen molar-refractivity contribution in [1.29, 1.82) is 0 Å². The number of aryl methyl sites for hydroxylation is 2. The molecule has 0 aliphatic rings. The Hall–Kier alpha value is -2.45. The van der Waals surface area contributed by atoms with Crippen LogP contribution in [0.1, 0.15) is 17.0 Å². The number of benzene rings is 1. The van der Waals surface area contributed by atoms with Crippen LogP contribution in [-0.2, 0) is 4.79 Å². The number of carbonyl (C=O) groups is 1. The first-order chi connectivity index (χ1) is 12.4. The lowest BCUT2D eigenvalue weighted by Crippen LogP contribution is -2.16. The number of rotatable bonds is 5. The Bertz CT molecular complexity index is 921. The molecule has 3 aromatic rings. The van der Waals surface area contributed by atoms with Crippen molar-refractivity contribution < 1.29 is 4.79 Å². The fraction of sp³-hybridized carbons (Fsp3) is 0.235. The standard InChI is InChI=1S/C17H17ClN6OS/c1-10-11(2)21-17(22-12(10)3)26-7-16(25)23-14-6-13(18)4-5-15(14)24-9-19-8-20-24/h4-6,8-9H,7H2,1-3H3,(H,23,25). The lowest BCUT2D eigenvalue weighted by Gasteiger charge is -2.11. The minimum Gasteiger partial charge on any atom is -0.323 e. The number of halogens is 1. The highest BCUT2D eigenvalue weighted by atomic mass is 35.5. The third-order valence-corrected chi connectivity index (χ3v) is 4.93. The molecular weight excluding hydrogens is 372 g/mol. The van der Waals surface area contributed by atoms with Crippen molar-refractivity contribution >= 4 is 35.0 Å². The zero-order valence-corrected chi connectivity index (χ0v) is 16.1. The Morgan fingerprint density at radius 2 is 1.96 bits per heavy atom. The molecule has 2 heterocycles. The molecule has 1 amide bonds. The van der Waals surface area contributed by atoms with Gasteiger partial charge < -0.3 is 5.32 Å². The second-order valence-corrected chi connectivity index (χ2v) is 7.02. The quantitative estimate of drug-likeness (QED) is 0.532. The van der Waals surface area contributed by atoms with E-state index in [0.717, 1.165) is 17.0 Å². The van der Waals surface area contributed by atoms with Crippen LogP contribution in [-0.4, -0.2) is 36.4 Å². The van der Waals surface area contributed by atoms with E-state index in [9.17, 15) is 4.79 Å². The summed E-state index contributed by atoms with van der Waals surface area (Å²) < 4.78 is 1.56. The summed E-state index contributed by atoms with van der Waals surface area (Å²) in [6.07, 6.45) is 2.98. The molecule has 9 heteroatoms. The minimum absolute atomic E-state index is 0.182. The molecule has 134 valence electrons. The zero-order chi connectivity index (χ0) is 18.7. The zero-order valence-electron chi connectivity index (χ0n) is 14.5. The molecular formula is C17H17ClN6OS. The molecule has 0 saturated carbocycles. The third-order valence-electron chi connectivity index (χ3n) is 3.84. The van der Waals surface area contributed by atoms with Crippen LogP contribution in [0.15, 0.2) is 36.0 Å². The summed E-state index contributed by atoms with van der Waals surface area (Å²) in [5.41, 5.74) is 4.15. The van der Waals surface area contributed by atoms with Gasteiger partial charge in [-0.05, 0) is 44.5 Å². The Morgan fingerprint density at radius 3 is 2.62 bits per heavy atom. The molecule has 0 spiro atoms. The molecule has 0 fully saturated rings. The third kappa shape index (κ3) is 4.20. The maximum Gasteiger partial charge on any atom is 0.234 e. The highest BCUT2D eigenvalue weighted by Gasteiger charge is 2.12. The number of anilines is 1. The highest BCUT2D eigenvalue weighted by molar-refractivity contribution is 7.99. The number of nitrogens with one attached hydrogen (secondary N) is 1. The van der Waals surface area contributed by atoms with Crippen molar-refractivity contribution in [3.05, 3.63) is 52.8 Å². The fourth-order valence-corrected chi connectivity index (χ4v) is 3.17. The highest BCUT2D eigenvalue weighted by Crippen LogP contribution is 2.24. The van der Waals surface area contributed by atoms with E-state index in [0.29, 0.717) is 21.6 Å². The van der Waals surface area contributed by atoms with E-state index < -0.39 is 0 Å². The minimum atomic E-state index is -0.182. The summed E-state index contributed by atoms with van der Waals surface area (Å²) in [6.45, 7) is 5.85. The van der Waals surface area contributed by atoms with Crippen LogP contribution >= 0.6 is 23.4 Å². The Morgan fingerprint density at radius 1 is 1.23 bits per heavy atom. The second-order valence-electron chi connectivity index (χ2n) is 5.64. The number of aromatic nitrogens is 5. The number of thioether (sulfide) groups is 1. The number of hydrogen-bond donors (Lipinski definition) is 1. The molecule has 2 aromatic heterocycles. The average molecular weight is 389 g/mol. The molecule has 0 bridgehead atoms. The molecule has 1 N–H and O–H groups in total. The number of hydrogen-bond acceptors (Lipinski definition) is 6. The van der Waals surface area contributed by atoms with Gasteiger partial charge in [0.15, 0.2) is 5.16 Å². The predicted octanol–water partition coefficient (Wildman–Crippen LogP) is 3.37. The lowest BCUT2D eigenvalue weighted by atomic mass is 10.2. The Kier molecular flexibility index (Phi) is 5.53. The van der Waals surface area contributed by atoms with Gasteiger partial charge >= 0.3 is 0 Å². The van der Waals surface area contributed by atoms with Crippen LogP contribution in [0.5, 0.6) is 0 Å². The molecule has 0 unspecified atom stereocenters. The number of nitrogens with zero attached hydrogens (tertiary/aromatic N) is 5. The van der Waals surface area contributed by atoms with E-state index in [1.807, 2.05) is 20.8 Å². The van der Waals surface area contributed by atoms with Gasteiger partial charge in [-0.3, -0.25) is 4.79 Å². The van der Waals surface area contributed by atoms with Crippen LogP contribution < -0.4 is 5.32 Å². The maximum atomic E-state index is 12.4. The summed E-state index contributed by atoms with van der Waals surface area (Å²) in [5, 5.41) is 8.06. The Balaban J connectivity index is 1.72. The van der Waals surface area contributed by atoms with Crippen molar-refractivity contribution in [2.24, 2.45) is 0 Å². The molecule has 3 rings (SSSR count). The van der Waals surface area contributed by atoms with Crippen molar-refractivity contribution in [2.75, 3.05) is 11.1 Å². The van der Waals surface area contributed by atoms with E-state index >= 15 is 0 Å². The SMILES string of the molecule is Cc1nc(SCC(=O)Nc2cc(Cl)ccc2-n2cncn2)nc(C)c1C. The van der Waals surface area contributed by atoms with Crippen LogP contribution in [0.2, 0.25) is 5.02 Å². The molecule has 0 aliphatic heterocycles. The van der Waals surface area contributed by atoms with Gasteiger partial charge in [0.1, 0.15) is 12.7 Å². The van der Waals surface area contributed by atoms with Gasteiger partial charge in [-0.1, -0.05) is 23.4 Å². The molecule has 0 radical (unpaired) electrons. The predicted molar refractivity (Wildman–Crippen MR) is 102 cm³/mol. The first-order valence-corrected chi connectivity index (χ1v) is 9.19. The fourth-order valence-electron chi connectivity index (χ4n) is 2.26. The van der Waals surface area contributed by atoms with Gasteiger partial charge in [0, 0.05) is 16.4 Å². The van der Waals surface area contributed by atoms with Gasteiger partial charge in [-0.15, -0.1) is 0 Å². The van der Waals surface area contributed by atoms with E-state index in [1.165, 1.54) is 18.1 Å². The number of carbonyl (C=O) groups excluding carboxylic acids is 1. The number of amides is 1. The van der Waals surface area contributed by atoms with Crippen LogP contribution in [0.25, 0.3) is 5.69 Å². The van der Waals surface area contributed by atoms with Crippen LogP contribution in [0, 0.1) is 20.8 Å². The maximum absolute atomic E-state index is 12.4. The van der Waals surface area contributed by atoms with Gasteiger partial charge in [-0.25, -0.2) is 19.6 Å². The van der Waals surface area contributed by atoms with E-state index in [4.69, 9.17) is 11.6 Å². The van der Waals surface area contributed by atoms with Gasteiger partial charge in [0.05, 0.1) is 17.1 Å². The molecule has 7 nitrogen and oxygen atoms in total. The molecule has 0 atom stereocenters. The lowest BCUT2D eigenvalue weighted by molar-refractivity contribution is -0.113. The van der Waals surface area contributed by atoms with Gasteiger partial charge in [0.2, 0.25) is 5.91 Å².